The van der Waals surface area contributed by atoms with Crippen LogP contribution in [0.15, 0.2) is 53.1 Å². The molecule has 26 heavy (non-hydrogen) atoms. The summed E-state index contributed by atoms with van der Waals surface area (Å²) in [6.07, 6.45) is 0.881. The average molecular weight is 347 g/mol. The van der Waals surface area contributed by atoms with Gasteiger partial charge < -0.3 is 15.2 Å². The van der Waals surface area contributed by atoms with Gasteiger partial charge in [0.1, 0.15) is 0 Å². The van der Waals surface area contributed by atoms with E-state index in [1.54, 1.807) is 36.4 Å². The van der Waals surface area contributed by atoms with Crippen LogP contribution in [-0.4, -0.2) is 22.7 Å². The second kappa shape index (κ2) is 7.94. The first kappa shape index (κ1) is 17.2. The summed E-state index contributed by atoms with van der Waals surface area (Å²) in [5.74, 6) is 0.831. The molecule has 0 unspecified atom stereocenters. The second-order valence-corrected chi connectivity index (χ2v) is 5.57. The van der Waals surface area contributed by atoms with Crippen LogP contribution in [0.4, 0.5) is 10.5 Å². The van der Waals surface area contributed by atoms with Crippen LogP contribution in [0.2, 0.25) is 0 Å². The maximum atomic E-state index is 11.7. The van der Waals surface area contributed by atoms with Crippen LogP contribution in [0.5, 0.6) is 0 Å². The predicted octanol–water partition coefficient (Wildman–Crippen LogP) is 3.81. The molecule has 7 nitrogen and oxygen atoms in total. The van der Waals surface area contributed by atoms with Crippen molar-refractivity contribution in [1.29, 1.82) is 5.26 Å². The number of rotatable bonds is 5. The maximum Gasteiger partial charge on any atom is 0.319 e. The first-order valence-electron chi connectivity index (χ1n) is 8.19. The van der Waals surface area contributed by atoms with Crippen molar-refractivity contribution in [2.45, 2.75) is 13.3 Å². The van der Waals surface area contributed by atoms with Crippen molar-refractivity contribution in [3.8, 4) is 28.9 Å². The fourth-order valence-electron chi connectivity index (χ4n) is 2.26. The molecule has 0 radical (unpaired) electrons. The Balaban J connectivity index is 1.71. The van der Waals surface area contributed by atoms with Gasteiger partial charge in [-0.25, -0.2) is 4.79 Å². The summed E-state index contributed by atoms with van der Waals surface area (Å²) in [4.78, 5) is 16.0. The summed E-state index contributed by atoms with van der Waals surface area (Å²) in [5, 5.41) is 18.3. The summed E-state index contributed by atoms with van der Waals surface area (Å²) in [7, 11) is 0. The molecule has 130 valence electrons. The van der Waals surface area contributed by atoms with E-state index in [9.17, 15) is 4.79 Å². The Bertz CT molecular complexity index is 924. The molecular weight excluding hydrogens is 330 g/mol. The molecule has 0 aliphatic rings. The zero-order chi connectivity index (χ0) is 18.4. The molecule has 0 saturated carbocycles. The first-order chi connectivity index (χ1) is 12.7. The van der Waals surface area contributed by atoms with Gasteiger partial charge in [-0.05, 0) is 55.0 Å². The summed E-state index contributed by atoms with van der Waals surface area (Å²) in [5.41, 5.74) is 2.76. The molecule has 1 heterocycles. The molecule has 3 aromatic rings. The van der Waals surface area contributed by atoms with Crippen LogP contribution in [0.25, 0.3) is 22.8 Å². The van der Waals surface area contributed by atoms with Gasteiger partial charge in [-0.15, -0.1) is 0 Å². The number of amides is 2. The third kappa shape index (κ3) is 4.05. The number of benzene rings is 2. The minimum atomic E-state index is -0.234. The molecule has 0 bridgehead atoms. The van der Waals surface area contributed by atoms with Crippen molar-refractivity contribution in [3.63, 3.8) is 0 Å². The fourth-order valence-corrected chi connectivity index (χ4v) is 2.26. The van der Waals surface area contributed by atoms with E-state index < -0.39 is 0 Å². The molecule has 0 atom stereocenters. The largest absolute Gasteiger partial charge is 0.338 e. The Labute approximate surface area is 150 Å². The van der Waals surface area contributed by atoms with E-state index >= 15 is 0 Å². The van der Waals surface area contributed by atoms with Crippen molar-refractivity contribution in [2.24, 2.45) is 0 Å². The maximum absolute atomic E-state index is 11.7. The zero-order valence-corrected chi connectivity index (χ0v) is 14.2. The van der Waals surface area contributed by atoms with Gasteiger partial charge in [0.25, 0.3) is 5.89 Å². The van der Waals surface area contributed by atoms with Gasteiger partial charge in [-0.3, -0.25) is 0 Å². The average Bonchev–Trinajstić information content (AvgIpc) is 3.17. The molecule has 0 fully saturated rings. The molecule has 0 saturated heterocycles. The van der Waals surface area contributed by atoms with Crippen molar-refractivity contribution in [3.05, 3.63) is 54.1 Å². The highest BCUT2D eigenvalue weighted by Crippen LogP contribution is 2.23. The van der Waals surface area contributed by atoms with Gasteiger partial charge in [-0.1, -0.05) is 12.1 Å². The number of carbonyl (C=O) groups is 1. The minimum Gasteiger partial charge on any atom is -0.338 e. The number of hydrogen-bond acceptors (Lipinski definition) is 5. The van der Waals surface area contributed by atoms with E-state index in [-0.39, 0.29) is 6.03 Å². The zero-order valence-electron chi connectivity index (χ0n) is 14.2. The lowest BCUT2D eigenvalue weighted by molar-refractivity contribution is 0.252. The first-order valence-corrected chi connectivity index (χ1v) is 8.19. The van der Waals surface area contributed by atoms with Gasteiger partial charge in [0, 0.05) is 23.4 Å². The number of nitrogens with zero attached hydrogens (tertiary/aromatic N) is 3. The molecule has 2 aromatic carbocycles. The highest BCUT2D eigenvalue weighted by atomic mass is 16.5. The summed E-state index contributed by atoms with van der Waals surface area (Å²) in [6, 6.07) is 15.9. The lowest BCUT2D eigenvalue weighted by Crippen LogP contribution is -2.29. The molecule has 0 spiro atoms. The minimum absolute atomic E-state index is 0.234. The summed E-state index contributed by atoms with van der Waals surface area (Å²) < 4.78 is 5.29. The highest BCUT2D eigenvalue weighted by Gasteiger charge is 2.11. The highest BCUT2D eigenvalue weighted by molar-refractivity contribution is 5.89. The number of anilines is 1. The van der Waals surface area contributed by atoms with Crippen molar-refractivity contribution < 1.29 is 9.32 Å². The SMILES string of the molecule is CCCNC(=O)Nc1ccc(-c2noc(-c3ccc(C#N)cc3)n2)cc1. The van der Waals surface area contributed by atoms with Gasteiger partial charge in [0.15, 0.2) is 0 Å². The normalized spacial score (nSPS) is 10.2. The Kier molecular flexibility index (Phi) is 5.25. The quantitative estimate of drug-likeness (QED) is 0.730. The standard InChI is InChI=1S/C19H17N5O2/c1-2-11-21-19(25)22-16-9-7-14(8-10-16)17-23-18(26-24-17)15-5-3-13(12-20)4-6-15/h3-10H,2,11H2,1H3,(H2,21,22,25). The fraction of sp³-hybridized carbons (Fsp3) is 0.158. The van der Waals surface area contributed by atoms with E-state index in [0.29, 0.717) is 29.5 Å². The molecule has 0 aliphatic carbocycles. The molecule has 7 heteroatoms. The van der Waals surface area contributed by atoms with E-state index in [0.717, 1.165) is 17.5 Å². The van der Waals surface area contributed by atoms with Crippen LogP contribution in [-0.2, 0) is 0 Å². The van der Waals surface area contributed by atoms with Gasteiger partial charge in [-0.2, -0.15) is 10.2 Å². The Morgan fingerprint density at radius 3 is 2.46 bits per heavy atom. The third-order valence-corrected chi connectivity index (χ3v) is 3.62. The van der Waals surface area contributed by atoms with Crippen LogP contribution in [0, 0.1) is 11.3 Å². The van der Waals surface area contributed by atoms with E-state index in [2.05, 4.69) is 26.8 Å². The number of nitriles is 1. The van der Waals surface area contributed by atoms with Crippen molar-refractivity contribution in [2.75, 3.05) is 11.9 Å². The van der Waals surface area contributed by atoms with E-state index in [4.69, 9.17) is 9.78 Å². The molecule has 3 rings (SSSR count). The molecule has 2 amide bonds. The molecule has 2 N–H and O–H groups in total. The lowest BCUT2D eigenvalue weighted by Gasteiger charge is -2.06. The lowest BCUT2D eigenvalue weighted by atomic mass is 10.1. The predicted molar refractivity (Wildman–Crippen MR) is 97.2 cm³/mol. The van der Waals surface area contributed by atoms with Gasteiger partial charge in [0.2, 0.25) is 5.82 Å². The Morgan fingerprint density at radius 1 is 1.12 bits per heavy atom. The number of urea groups is 1. The number of nitrogens with one attached hydrogen (secondary N) is 2. The van der Waals surface area contributed by atoms with Gasteiger partial charge >= 0.3 is 6.03 Å². The molecule has 1 aromatic heterocycles. The van der Waals surface area contributed by atoms with Crippen molar-refractivity contribution >= 4 is 11.7 Å². The summed E-state index contributed by atoms with van der Waals surface area (Å²) in [6.45, 7) is 2.62. The molecular formula is C19H17N5O2. The third-order valence-electron chi connectivity index (χ3n) is 3.62. The van der Waals surface area contributed by atoms with Gasteiger partial charge in [0.05, 0.1) is 11.6 Å². The van der Waals surface area contributed by atoms with E-state index in [1.807, 2.05) is 19.1 Å². The van der Waals surface area contributed by atoms with E-state index in [1.165, 1.54) is 0 Å². The van der Waals surface area contributed by atoms with Crippen molar-refractivity contribution in [1.82, 2.24) is 15.5 Å². The monoisotopic (exact) mass is 347 g/mol. The van der Waals surface area contributed by atoms with Crippen LogP contribution >= 0.6 is 0 Å². The second-order valence-electron chi connectivity index (χ2n) is 5.57. The topological polar surface area (TPSA) is 104 Å². The smallest absolute Gasteiger partial charge is 0.319 e. The number of aromatic nitrogens is 2. The molecule has 0 aliphatic heterocycles. The Hall–Kier alpha value is -3.66. The Morgan fingerprint density at radius 2 is 1.81 bits per heavy atom. The summed E-state index contributed by atoms with van der Waals surface area (Å²) >= 11 is 0. The van der Waals surface area contributed by atoms with Crippen LogP contribution in [0.3, 0.4) is 0 Å². The van der Waals surface area contributed by atoms with Crippen LogP contribution < -0.4 is 10.6 Å². The number of hydrogen-bond donors (Lipinski definition) is 2. The van der Waals surface area contributed by atoms with Crippen LogP contribution in [0.1, 0.15) is 18.9 Å². The number of carbonyl (C=O) groups excluding carboxylic acids is 1.